The Balaban J connectivity index is 1.18. The first-order valence-electron chi connectivity index (χ1n) is 15.5. The van der Waals surface area contributed by atoms with E-state index in [0.29, 0.717) is 0 Å². The van der Waals surface area contributed by atoms with Crippen LogP contribution in [0.3, 0.4) is 0 Å². The maximum atomic E-state index is 5.05. The summed E-state index contributed by atoms with van der Waals surface area (Å²) >= 11 is 1.82. The van der Waals surface area contributed by atoms with E-state index in [-0.39, 0.29) is 0 Å². The zero-order valence-corrected chi connectivity index (χ0v) is 25.8. The van der Waals surface area contributed by atoms with Gasteiger partial charge in [-0.1, -0.05) is 121 Å². The summed E-state index contributed by atoms with van der Waals surface area (Å²) in [4.78, 5) is 7.32. The summed E-state index contributed by atoms with van der Waals surface area (Å²) in [5.74, 6) is 0.899. The zero-order chi connectivity index (χ0) is 30.5. The van der Waals surface area contributed by atoms with Gasteiger partial charge in [0.1, 0.15) is 5.82 Å². The second kappa shape index (κ2) is 11.0. The van der Waals surface area contributed by atoms with Crippen molar-refractivity contribution < 1.29 is 0 Å². The molecule has 2 aromatic heterocycles. The molecule has 0 N–H and O–H groups in total. The number of pyridine rings is 1. The van der Waals surface area contributed by atoms with Crippen LogP contribution in [-0.2, 0) is 0 Å². The summed E-state index contributed by atoms with van der Waals surface area (Å²) < 4.78 is 2.51. The molecule has 9 aromatic rings. The molecule has 0 radical (unpaired) electrons. The number of hydrogen-bond acceptors (Lipinski definition) is 3. The van der Waals surface area contributed by atoms with Crippen LogP contribution in [0.15, 0.2) is 170 Å². The van der Waals surface area contributed by atoms with Gasteiger partial charge in [0.2, 0.25) is 0 Å². The Morgan fingerprint density at radius 1 is 0.413 bits per heavy atom. The summed E-state index contributed by atoms with van der Waals surface area (Å²) in [6.45, 7) is 0. The van der Waals surface area contributed by atoms with E-state index >= 15 is 0 Å². The Kier molecular flexibility index (Phi) is 6.36. The predicted molar refractivity (Wildman–Crippen MR) is 198 cm³/mol. The van der Waals surface area contributed by atoms with Gasteiger partial charge in [0, 0.05) is 37.7 Å². The molecule has 2 heterocycles. The third kappa shape index (κ3) is 4.52. The summed E-state index contributed by atoms with van der Waals surface area (Å²) in [5.41, 5.74) is 6.96. The largest absolute Gasteiger partial charge is 0.295 e. The zero-order valence-electron chi connectivity index (χ0n) is 25.0. The summed E-state index contributed by atoms with van der Waals surface area (Å²) in [6, 6.07) is 58.8. The Hall–Kier alpha value is -5.77. The van der Waals surface area contributed by atoms with Gasteiger partial charge in [-0.2, -0.15) is 0 Å². The molecule has 0 spiro atoms. The van der Waals surface area contributed by atoms with Crippen LogP contribution >= 0.6 is 11.3 Å². The van der Waals surface area contributed by atoms with E-state index in [2.05, 4.69) is 169 Å². The van der Waals surface area contributed by atoms with Crippen LogP contribution in [0.2, 0.25) is 0 Å². The van der Waals surface area contributed by atoms with Gasteiger partial charge in [-0.3, -0.25) is 4.90 Å². The van der Waals surface area contributed by atoms with E-state index in [1.807, 2.05) is 17.5 Å². The smallest absolute Gasteiger partial charge is 0.138 e. The molecule has 0 atom stereocenters. The summed E-state index contributed by atoms with van der Waals surface area (Å²) in [7, 11) is 0. The van der Waals surface area contributed by atoms with Crippen LogP contribution in [0.25, 0.3) is 64.0 Å². The second-order valence-corrected chi connectivity index (χ2v) is 12.7. The SMILES string of the molecule is c1ccc(-c2ccc(N(c3ccc(-c4cc5ccccc5c5ccccc45)cc3)c3cc4sc5ccccc5c4cn3)cc2)cc1. The molecule has 2 nitrogen and oxygen atoms in total. The van der Waals surface area contributed by atoms with Gasteiger partial charge in [0.05, 0.1) is 0 Å². The monoisotopic (exact) mass is 604 g/mol. The molecule has 0 aliphatic heterocycles. The van der Waals surface area contributed by atoms with Crippen molar-refractivity contribution in [3.05, 3.63) is 170 Å². The Labute approximate surface area is 271 Å². The number of nitrogens with zero attached hydrogens (tertiary/aromatic N) is 2. The molecule has 0 amide bonds. The van der Waals surface area contributed by atoms with E-state index in [0.717, 1.165) is 17.2 Å². The lowest BCUT2D eigenvalue weighted by Crippen LogP contribution is -2.11. The highest BCUT2D eigenvalue weighted by Gasteiger charge is 2.17. The van der Waals surface area contributed by atoms with Gasteiger partial charge in [0.15, 0.2) is 0 Å². The lowest BCUT2D eigenvalue weighted by atomic mass is 9.93. The molecule has 0 bridgehead atoms. The average Bonchev–Trinajstić information content (AvgIpc) is 3.50. The van der Waals surface area contributed by atoms with E-state index < -0.39 is 0 Å². The van der Waals surface area contributed by atoms with Gasteiger partial charge in [-0.05, 0) is 86.3 Å². The average molecular weight is 605 g/mol. The first-order chi connectivity index (χ1) is 22.8. The summed E-state index contributed by atoms with van der Waals surface area (Å²) in [5, 5.41) is 7.53. The molecule has 7 aromatic carbocycles. The van der Waals surface area contributed by atoms with E-state index in [1.54, 1.807) is 0 Å². The number of anilines is 3. The highest BCUT2D eigenvalue weighted by molar-refractivity contribution is 7.25. The number of thiophene rings is 1. The quantitative estimate of drug-likeness (QED) is 0.182. The maximum absolute atomic E-state index is 5.05. The minimum atomic E-state index is 0.899. The number of benzene rings is 7. The van der Waals surface area contributed by atoms with Crippen LogP contribution < -0.4 is 4.90 Å². The maximum Gasteiger partial charge on any atom is 0.138 e. The molecule has 46 heavy (non-hydrogen) atoms. The van der Waals surface area contributed by atoms with Crippen molar-refractivity contribution in [3.63, 3.8) is 0 Å². The van der Waals surface area contributed by atoms with Crippen molar-refractivity contribution >= 4 is 70.2 Å². The molecule has 0 unspecified atom stereocenters. The van der Waals surface area contributed by atoms with Crippen LogP contribution in [0.5, 0.6) is 0 Å². The lowest BCUT2D eigenvalue weighted by Gasteiger charge is -2.25. The van der Waals surface area contributed by atoms with E-state index in [4.69, 9.17) is 4.98 Å². The van der Waals surface area contributed by atoms with Crippen molar-refractivity contribution in [2.45, 2.75) is 0 Å². The first-order valence-corrected chi connectivity index (χ1v) is 16.4. The van der Waals surface area contributed by atoms with Gasteiger partial charge in [-0.25, -0.2) is 4.98 Å². The van der Waals surface area contributed by atoms with Gasteiger partial charge >= 0.3 is 0 Å². The third-order valence-corrected chi connectivity index (χ3v) is 10.0. The number of aromatic nitrogens is 1. The fourth-order valence-corrected chi connectivity index (χ4v) is 7.77. The molecule has 0 fully saturated rings. The van der Waals surface area contributed by atoms with Crippen LogP contribution in [0.1, 0.15) is 0 Å². The first kappa shape index (κ1) is 26.6. The van der Waals surface area contributed by atoms with E-state index in [1.165, 1.54) is 64.0 Å². The Morgan fingerprint density at radius 3 is 1.76 bits per heavy atom. The Morgan fingerprint density at radius 2 is 1.00 bits per heavy atom. The Bertz CT molecular complexity index is 2510. The number of hydrogen-bond donors (Lipinski definition) is 0. The van der Waals surface area contributed by atoms with Crippen LogP contribution in [-0.4, -0.2) is 4.98 Å². The van der Waals surface area contributed by atoms with Crippen molar-refractivity contribution in [2.24, 2.45) is 0 Å². The minimum Gasteiger partial charge on any atom is -0.295 e. The van der Waals surface area contributed by atoms with Crippen molar-refractivity contribution in [1.29, 1.82) is 0 Å². The van der Waals surface area contributed by atoms with Gasteiger partial charge in [-0.15, -0.1) is 11.3 Å². The highest BCUT2D eigenvalue weighted by Crippen LogP contribution is 2.41. The molecule has 0 saturated heterocycles. The number of rotatable bonds is 5. The molecule has 0 aliphatic carbocycles. The van der Waals surface area contributed by atoms with E-state index in [9.17, 15) is 0 Å². The lowest BCUT2D eigenvalue weighted by molar-refractivity contribution is 1.19. The topological polar surface area (TPSA) is 16.1 Å². The molecular weight excluding hydrogens is 577 g/mol. The van der Waals surface area contributed by atoms with Crippen molar-refractivity contribution in [1.82, 2.24) is 4.98 Å². The van der Waals surface area contributed by atoms with Gasteiger partial charge < -0.3 is 0 Å². The molecule has 3 heteroatoms. The predicted octanol–water partition coefficient (Wildman–Crippen LogP) is 12.6. The molecule has 0 aliphatic rings. The molecular formula is C43H28N2S. The fourth-order valence-electron chi connectivity index (χ4n) is 6.66. The normalized spacial score (nSPS) is 11.5. The standard InChI is InChI=1S/C43H28N2S/c1-2-10-29(11-3-1)30-18-22-33(23-19-30)45(43-27-42-40(28-44-43)38-16-8-9-17-41(38)46-42)34-24-20-31(21-25-34)39-26-32-12-4-5-13-35(32)36-14-6-7-15-37(36)39/h1-28H. The fraction of sp³-hybridized carbons (Fsp3) is 0. The molecule has 216 valence electrons. The number of fused-ring (bicyclic) bond motifs is 6. The van der Waals surface area contributed by atoms with Gasteiger partial charge in [0.25, 0.3) is 0 Å². The highest BCUT2D eigenvalue weighted by atomic mass is 32.1. The molecule has 9 rings (SSSR count). The third-order valence-electron chi connectivity index (χ3n) is 8.91. The van der Waals surface area contributed by atoms with Crippen molar-refractivity contribution in [2.75, 3.05) is 4.90 Å². The van der Waals surface area contributed by atoms with Crippen molar-refractivity contribution in [3.8, 4) is 22.3 Å². The second-order valence-electron chi connectivity index (χ2n) is 11.6. The van der Waals surface area contributed by atoms with Crippen LogP contribution in [0.4, 0.5) is 17.2 Å². The van der Waals surface area contributed by atoms with Crippen LogP contribution in [0, 0.1) is 0 Å². The molecule has 0 saturated carbocycles. The summed E-state index contributed by atoms with van der Waals surface area (Å²) in [6.07, 6.45) is 2.03. The minimum absolute atomic E-state index is 0.899.